The van der Waals surface area contributed by atoms with Gasteiger partial charge < -0.3 is 4.74 Å². The normalized spacial score (nSPS) is 20.1. The van der Waals surface area contributed by atoms with E-state index in [2.05, 4.69) is 4.98 Å². The number of rotatable bonds is 3. The van der Waals surface area contributed by atoms with Gasteiger partial charge in [0, 0.05) is 24.8 Å². The lowest BCUT2D eigenvalue weighted by atomic mass is 9.84. The van der Waals surface area contributed by atoms with Crippen LogP contribution in [0, 0.1) is 5.92 Å². The van der Waals surface area contributed by atoms with Gasteiger partial charge in [0.2, 0.25) is 5.88 Å². The lowest BCUT2D eigenvalue weighted by molar-refractivity contribution is -0.121. The Morgan fingerprint density at radius 2 is 2.29 bits per heavy atom. The Hall–Kier alpha value is -1.71. The molecule has 0 N–H and O–H groups in total. The van der Waals surface area contributed by atoms with E-state index >= 15 is 0 Å². The summed E-state index contributed by atoms with van der Waals surface area (Å²) in [5.41, 5.74) is 0.393. The van der Waals surface area contributed by atoms with Crippen molar-refractivity contribution in [3.05, 3.63) is 23.9 Å². The average Bonchev–Trinajstić information content (AvgIpc) is 2.38. The zero-order valence-corrected chi connectivity index (χ0v) is 9.81. The number of hydrogen-bond acceptors (Lipinski definition) is 4. The summed E-state index contributed by atoms with van der Waals surface area (Å²) in [5, 5.41) is 0. The summed E-state index contributed by atoms with van der Waals surface area (Å²) in [6.07, 6.45) is 2.55. The maximum Gasteiger partial charge on any atom is 0.213 e. The van der Waals surface area contributed by atoms with Crippen LogP contribution in [0.5, 0.6) is 5.88 Å². The van der Waals surface area contributed by atoms with Gasteiger partial charge in [0.25, 0.3) is 0 Å². The summed E-state index contributed by atoms with van der Waals surface area (Å²) in [6.45, 7) is 0. The van der Waals surface area contributed by atoms with E-state index in [0.717, 1.165) is 12.8 Å². The van der Waals surface area contributed by atoms with E-state index in [-0.39, 0.29) is 17.5 Å². The maximum absolute atomic E-state index is 12.1. The van der Waals surface area contributed by atoms with Crippen molar-refractivity contribution in [2.45, 2.75) is 25.7 Å². The highest BCUT2D eigenvalue weighted by molar-refractivity contribution is 5.99. The molecule has 2 rings (SSSR count). The van der Waals surface area contributed by atoms with E-state index in [1.165, 1.54) is 7.11 Å². The van der Waals surface area contributed by atoms with E-state index in [1.807, 2.05) is 0 Å². The molecule has 0 aromatic carbocycles. The predicted octanol–water partition coefficient (Wildman–Crippen LogP) is 2.03. The van der Waals surface area contributed by atoms with Gasteiger partial charge in [0.05, 0.1) is 7.11 Å². The molecule has 1 aromatic heterocycles. The van der Waals surface area contributed by atoms with Crippen molar-refractivity contribution in [1.82, 2.24) is 4.98 Å². The third-order valence-corrected chi connectivity index (χ3v) is 3.04. The first kappa shape index (κ1) is 11.8. The Balaban J connectivity index is 2.15. The van der Waals surface area contributed by atoms with Crippen LogP contribution in [-0.4, -0.2) is 23.7 Å². The first-order valence-electron chi connectivity index (χ1n) is 5.77. The van der Waals surface area contributed by atoms with Gasteiger partial charge in [0.15, 0.2) is 5.78 Å². The molecule has 0 spiro atoms. The third kappa shape index (κ3) is 2.70. The lowest BCUT2D eigenvalue weighted by Gasteiger charge is -2.19. The molecule has 1 unspecified atom stereocenters. The van der Waals surface area contributed by atoms with Crippen molar-refractivity contribution in [2.24, 2.45) is 5.92 Å². The Labute approximate surface area is 100 Å². The molecule has 1 saturated carbocycles. The number of ether oxygens (including phenoxy) is 1. The fourth-order valence-electron chi connectivity index (χ4n) is 2.12. The highest BCUT2D eigenvalue weighted by Crippen LogP contribution is 2.24. The zero-order chi connectivity index (χ0) is 12.3. The van der Waals surface area contributed by atoms with Crippen LogP contribution in [0.25, 0.3) is 0 Å². The summed E-state index contributed by atoms with van der Waals surface area (Å²) < 4.78 is 4.98. The second-order valence-corrected chi connectivity index (χ2v) is 4.26. The molecule has 1 heterocycles. The standard InChI is InChI=1S/C13H15NO3/c1-17-12-7-3-6-11(14-12)13(16)9-4-2-5-10(15)8-9/h3,6-7,9H,2,4-5,8H2,1H3. The van der Waals surface area contributed by atoms with Crippen LogP contribution in [0.2, 0.25) is 0 Å². The van der Waals surface area contributed by atoms with Crippen molar-refractivity contribution in [3.63, 3.8) is 0 Å². The fraction of sp³-hybridized carbons (Fsp3) is 0.462. The van der Waals surface area contributed by atoms with E-state index in [9.17, 15) is 9.59 Å². The average molecular weight is 233 g/mol. The van der Waals surface area contributed by atoms with E-state index in [1.54, 1.807) is 18.2 Å². The fourth-order valence-corrected chi connectivity index (χ4v) is 2.12. The SMILES string of the molecule is COc1cccc(C(=O)C2CCCC(=O)C2)n1. The number of nitrogens with zero attached hydrogens (tertiary/aromatic N) is 1. The van der Waals surface area contributed by atoms with Crippen molar-refractivity contribution in [1.29, 1.82) is 0 Å². The Morgan fingerprint density at radius 3 is 3.00 bits per heavy atom. The molecule has 1 fully saturated rings. The van der Waals surface area contributed by atoms with E-state index < -0.39 is 0 Å². The smallest absolute Gasteiger partial charge is 0.213 e. The predicted molar refractivity (Wildman–Crippen MR) is 62.1 cm³/mol. The number of ketones is 2. The number of carbonyl (C=O) groups excluding carboxylic acids is 2. The third-order valence-electron chi connectivity index (χ3n) is 3.04. The molecule has 1 aliphatic carbocycles. The van der Waals surface area contributed by atoms with Crippen molar-refractivity contribution in [2.75, 3.05) is 7.11 Å². The highest BCUT2D eigenvalue weighted by Gasteiger charge is 2.27. The minimum Gasteiger partial charge on any atom is -0.481 e. The van der Waals surface area contributed by atoms with Crippen LogP contribution in [0.3, 0.4) is 0 Å². The number of aromatic nitrogens is 1. The topological polar surface area (TPSA) is 56.3 Å². The molecule has 1 aliphatic rings. The second kappa shape index (κ2) is 5.08. The molecule has 90 valence electrons. The van der Waals surface area contributed by atoms with Gasteiger partial charge in [-0.1, -0.05) is 6.07 Å². The molecule has 4 heteroatoms. The molecule has 0 saturated heterocycles. The minimum absolute atomic E-state index is 0.0445. The van der Waals surface area contributed by atoms with Gasteiger partial charge in [-0.25, -0.2) is 4.98 Å². The summed E-state index contributed by atoms with van der Waals surface area (Å²) in [6, 6.07) is 5.11. The molecule has 0 aliphatic heterocycles. The largest absolute Gasteiger partial charge is 0.481 e. The summed E-state index contributed by atoms with van der Waals surface area (Å²) in [7, 11) is 1.51. The van der Waals surface area contributed by atoms with Crippen LogP contribution >= 0.6 is 0 Å². The minimum atomic E-state index is -0.198. The monoisotopic (exact) mass is 233 g/mol. The highest BCUT2D eigenvalue weighted by atomic mass is 16.5. The van der Waals surface area contributed by atoms with Crippen LogP contribution in [-0.2, 0) is 4.79 Å². The van der Waals surface area contributed by atoms with Crippen molar-refractivity contribution in [3.8, 4) is 5.88 Å². The molecule has 1 aromatic rings. The first-order valence-corrected chi connectivity index (χ1v) is 5.77. The van der Waals surface area contributed by atoms with Crippen molar-refractivity contribution >= 4 is 11.6 Å². The number of carbonyl (C=O) groups is 2. The van der Waals surface area contributed by atoms with Crippen molar-refractivity contribution < 1.29 is 14.3 Å². The summed E-state index contributed by atoms with van der Waals surface area (Å²) in [5.74, 6) is 0.364. The summed E-state index contributed by atoms with van der Waals surface area (Å²) >= 11 is 0. The van der Waals surface area contributed by atoms with Crippen LogP contribution < -0.4 is 4.74 Å². The second-order valence-electron chi connectivity index (χ2n) is 4.26. The van der Waals surface area contributed by atoms with E-state index in [4.69, 9.17) is 4.74 Å². The summed E-state index contributed by atoms with van der Waals surface area (Å²) in [4.78, 5) is 27.6. The molecule has 17 heavy (non-hydrogen) atoms. The van der Waals surface area contributed by atoms with Gasteiger partial charge in [-0.05, 0) is 18.9 Å². The number of pyridine rings is 1. The number of hydrogen-bond donors (Lipinski definition) is 0. The van der Waals surface area contributed by atoms with Crippen LogP contribution in [0.4, 0.5) is 0 Å². The molecule has 0 bridgehead atoms. The molecule has 0 amide bonds. The molecular weight excluding hydrogens is 218 g/mol. The lowest BCUT2D eigenvalue weighted by Crippen LogP contribution is -2.23. The van der Waals surface area contributed by atoms with Gasteiger partial charge >= 0.3 is 0 Å². The molecule has 0 radical (unpaired) electrons. The molecule has 1 atom stereocenters. The van der Waals surface area contributed by atoms with Crippen LogP contribution in [0.15, 0.2) is 18.2 Å². The van der Waals surface area contributed by atoms with Gasteiger partial charge in [-0.3, -0.25) is 9.59 Å². The van der Waals surface area contributed by atoms with Gasteiger partial charge in [-0.15, -0.1) is 0 Å². The quantitative estimate of drug-likeness (QED) is 0.749. The van der Waals surface area contributed by atoms with Gasteiger partial charge in [-0.2, -0.15) is 0 Å². The first-order chi connectivity index (χ1) is 8.20. The Kier molecular flexibility index (Phi) is 3.52. The molecule has 4 nitrogen and oxygen atoms in total. The number of Topliss-reactive ketones (excluding diaryl/α,β-unsaturated/α-hetero) is 2. The van der Waals surface area contributed by atoms with E-state index in [0.29, 0.717) is 24.4 Å². The van der Waals surface area contributed by atoms with Gasteiger partial charge in [0.1, 0.15) is 11.5 Å². The maximum atomic E-state index is 12.1. The van der Waals surface area contributed by atoms with Crippen LogP contribution in [0.1, 0.15) is 36.2 Å². The Morgan fingerprint density at radius 1 is 1.47 bits per heavy atom. The Bertz CT molecular complexity index is 442. The zero-order valence-electron chi connectivity index (χ0n) is 9.81. The number of methoxy groups -OCH3 is 1. The molecular formula is C13H15NO3.